The fraction of sp³-hybridized carbons (Fsp3) is 0.952. The first-order valence-corrected chi connectivity index (χ1v) is 10.7. The Kier molecular flexibility index (Phi) is 3.77. The third-order valence-electron chi connectivity index (χ3n) is 8.78. The van der Waals surface area contributed by atoms with E-state index >= 15 is 0 Å². The Balaban J connectivity index is 1.52. The van der Waals surface area contributed by atoms with E-state index in [0.717, 1.165) is 24.3 Å². The zero-order chi connectivity index (χ0) is 17.2. The van der Waals surface area contributed by atoms with Crippen LogP contribution in [0.5, 0.6) is 0 Å². The van der Waals surface area contributed by atoms with E-state index < -0.39 is 5.54 Å². The van der Waals surface area contributed by atoms with Gasteiger partial charge in [0, 0.05) is 19.5 Å². The summed E-state index contributed by atoms with van der Waals surface area (Å²) in [6.45, 7) is 1.63. The van der Waals surface area contributed by atoms with Gasteiger partial charge in [-0.25, -0.2) is 0 Å². The smallest absolute Gasteiger partial charge is 0.238 e. The predicted molar refractivity (Wildman–Crippen MR) is 96.7 cm³/mol. The Labute approximate surface area is 151 Å². The molecule has 3 N–H and O–H groups in total. The van der Waals surface area contributed by atoms with Gasteiger partial charge in [-0.05, 0) is 80.5 Å². The molecule has 1 aliphatic heterocycles. The average Bonchev–Trinajstić information content (AvgIpc) is 3.14. The van der Waals surface area contributed by atoms with Gasteiger partial charge in [0.15, 0.2) is 0 Å². The Hall–Kier alpha value is -0.610. The summed E-state index contributed by atoms with van der Waals surface area (Å²) in [5.41, 5.74) is 5.66. The molecule has 6 fully saturated rings. The van der Waals surface area contributed by atoms with Crippen molar-refractivity contribution in [1.29, 1.82) is 0 Å². The van der Waals surface area contributed by atoms with Gasteiger partial charge in [0.05, 0.1) is 6.10 Å². The zero-order valence-corrected chi connectivity index (χ0v) is 15.5. The van der Waals surface area contributed by atoms with Crippen LogP contribution in [0.15, 0.2) is 0 Å². The first kappa shape index (κ1) is 16.6. The van der Waals surface area contributed by atoms with Gasteiger partial charge in [-0.3, -0.25) is 9.69 Å². The highest BCUT2D eigenvalue weighted by Crippen LogP contribution is 2.66. The standard InChI is InChI=1S/C21H34N2O2/c22-19(25)21(11-18(24)13-23(21)12-14-3-1-2-4-14)20-8-15-5-16(9-20)7-17(6-15)10-20/h14-18,24H,1-13H2,(H2,22,25)/t15?,16?,17?,18-,20?,21-/m1/s1. The number of nitrogens with two attached hydrogens (primary N) is 1. The van der Waals surface area contributed by atoms with E-state index in [4.69, 9.17) is 5.73 Å². The molecule has 4 heteroatoms. The van der Waals surface area contributed by atoms with Gasteiger partial charge in [-0.15, -0.1) is 0 Å². The van der Waals surface area contributed by atoms with Crippen molar-refractivity contribution in [2.45, 2.75) is 82.3 Å². The van der Waals surface area contributed by atoms with Gasteiger partial charge in [0.2, 0.25) is 5.91 Å². The van der Waals surface area contributed by atoms with Crippen molar-refractivity contribution in [3.8, 4) is 0 Å². The van der Waals surface area contributed by atoms with Gasteiger partial charge < -0.3 is 10.8 Å². The summed E-state index contributed by atoms with van der Waals surface area (Å²) in [6.07, 6.45) is 13.1. The molecule has 4 nitrogen and oxygen atoms in total. The van der Waals surface area contributed by atoms with Crippen molar-refractivity contribution in [3.05, 3.63) is 0 Å². The average molecular weight is 347 g/mol. The maximum Gasteiger partial charge on any atom is 0.238 e. The summed E-state index contributed by atoms with van der Waals surface area (Å²) in [4.78, 5) is 15.4. The molecular weight excluding hydrogens is 312 g/mol. The molecule has 0 aromatic rings. The quantitative estimate of drug-likeness (QED) is 0.822. The summed E-state index contributed by atoms with van der Waals surface area (Å²) < 4.78 is 0. The molecule has 0 unspecified atom stereocenters. The van der Waals surface area contributed by atoms with Gasteiger partial charge in [0.1, 0.15) is 5.54 Å². The molecule has 6 aliphatic rings. The summed E-state index contributed by atoms with van der Waals surface area (Å²) in [5.74, 6) is 2.96. The van der Waals surface area contributed by atoms with Gasteiger partial charge >= 0.3 is 0 Å². The highest BCUT2D eigenvalue weighted by atomic mass is 16.3. The highest BCUT2D eigenvalue weighted by molar-refractivity contribution is 5.86. The first-order chi connectivity index (χ1) is 12.0. The van der Waals surface area contributed by atoms with Crippen LogP contribution < -0.4 is 5.73 Å². The van der Waals surface area contributed by atoms with E-state index in [1.54, 1.807) is 0 Å². The number of primary amides is 1. The van der Waals surface area contributed by atoms with Crippen LogP contribution in [0.25, 0.3) is 0 Å². The predicted octanol–water partition coefficient (Wildman–Crippen LogP) is 2.68. The Bertz CT molecular complexity index is 521. The number of amides is 1. The minimum atomic E-state index is -0.578. The molecular formula is C21H34N2O2. The highest BCUT2D eigenvalue weighted by Gasteiger charge is 2.67. The Morgan fingerprint density at radius 2 is 1.56 bits per heavy atom. The van der Waals surface area contributed by atoms with E-state index in [-0.39, 0.29) is 17.4 Å². The van der Waals surface area contributed by atoms with Crippen LogP contribution in [0.3, 0.4) is 0 Å². The lowest BCUT2D eigenvalue weighted by atomic mass is 9.44. The Morgan fingerprint density at radius 1 is 1.00 bits per heavy atom. The molecule has 1 saturated heterocycles. The third-order valence-corrected chi connectivity index (χ3v) is 8.78. The topological polar surface area (TPSA) is 66.6 Å². The summed E-state index contributed by atoms with van der Waals surface area (Å²) >= 11 is 0. The molecule has 0 radical (unpaired) electrons. The molecule has 1 heterocycles. The molecule has 1 amide bonds. The first-order valence-electron chi connectivity index (χ1n) is 10.7. The second-order valence-corrected chi connectivity index (χ2v) is 10.3. The maximum absolute atomic E-state index is 13.0. The van der Waals surface area contributed by atoms with Crippen molar-refractivity contribution < 1.29 is 9.90 Å². The second kappa shape index (κ2) is 5.69. The number of carbonyl (C=O) groups excluding carboxylic acids is 1. The maximum atomic E-state index is 13.0. The van der Waals surface area contributed by atoms with Crippen molar-refractivity contribution in [2.75, 3.05) is 13.1 Å². The number of nitrogens with zero attached hydrogens (tertiary/aromatic N) is 1. The van der Waals surface area contributed by atoms with Crippen molar-refractivity contribution in [3.63, 3.8) is 0 Å². The van der Waals surface area contributed by atoms with Crippen molar-refractivity contribution in [1.82, 2.24) is 4.90 Å². The van der Waals surface area contributed by atoms with E-state index in [1.165, 1.54) is 64.2 Å². The van der Waals surface area contributed by atoms with Crippen molar-refractivity contribution in [2.24, 2.45) is 34.8 Å². The van der Waals surface area contributed by atoms with Gasteiger partial charge in [-0.2, -0.15) is 0 Å². The Morgan fingerprint density at radius 3 is 2.08 bits per heavy atom. The lowest BCUT2D eigenvalue weighted by Crippen LogP contribution is -2.69. The minimum absolute atomic E-state index is 0.0453. The number of rotatable bonds is 4. The SMILES string of the molecule is NC(=O)[C@@]1(C23CC4CC(CC(C4)C2)C3)C[C@@H](O)CN1CC1CCCC1. The summed E-state index contributed by atoms with van der Waals surface area (Å²) in [5, 5.41) is 10.6. The number of hydrogen-bond donors (Lipinski definition) is 2. The lowest BCUT2D eigenvalue weighted by molar-refractivity contribution is -0.164. The van der Waals surface area contributed by atoms with Crippen LogP contribution in [-0.4, -0.2) is 40.6 Å². The molecule has 25 heavy (non-hydrogen) atoms. The molecule has 5 saturated carbocycles. The molecule has 2 atom stereocenters. The monoisotopic (exact) mass is 346 g/mol. The number of β-amino-alcohol motifs (C(OH)–C–C–N with tert-alkyl or cyclic N) is 1. The van der Waals surface area contributed by atoms with Crippen LogP contribution in [0.1, 0.15) is 70.6 Å². The fourth-order valence-electron chi connectivity index (χ4n) is 8.37. The second-order valence-electron chi connectivity index (χ2n) is 10.3. The van der Waals surface area contributed by atoms with Gasteiger partial charge in [-0.1, -0.05) is 12.8 Å². The molecule has 0 spiro atoms. The molecule has 140 valence electrons. The minimum Gasteiger partial charge on any atom is -0.392 e. The summed E-state index contributed by atoms with van der Waals surface area (Å²) in [6, 6.07) is 0. The van der Waals surface area contributed by atoms with Gasteiger partial charge in [0.25, 0.3) is 0 Å². The largest absolute Gasteiger partial charge is 0.392 e. The van der Waals surface area contributed by atoms with Crippen LogP contribution in [-0.2, 0) is 4.79 Å². The normalized spacial score (nSPS) is 50.0. The number of likely N-dealkylation sites (tertiary alicyclic amines) is 1. The fourth-order valence-corrected chi connectivity index (χ4v) is 8.37. The van der Waals surface area contributed by atoms with Crippen LogP contribution in [0.2, 0.25) is 0 Å². The van der Waals surface area contributed by atoms with E-state index in [9.17, 15) is 9.90 Å². The summed E-state index contributed by atoms with van der Waals surface area (Å²) in [7, 11) is 0. The number of hydrogen-bond acceptors (Lipinski definition) is 3. The number of aliphatic hydroxyl groups is 1. The third kappa shape index (κ3) is 2.36. The lowest BCUT2D eigenvalue weighted by Gasteiger charge is -2.64. The van der Waals surface area contributed by atoms with E-state index in [1.807, 2.05) is 0 Å². The molecule has 6 rings (SSSR count). The molecule has 0 aromatic carbocycles. The van der Waals surface area contributed by atoms with Crippen LogP contribution in [0, 0.1) is 29.1 Å². The van der Waals surface area contributed by atoms with Crippen molar-refractivity contribution >= 4 is 5.91 Å². The molecule has 0 aromatic heterocycles. The number of aliphatic hydroxyl groups excluding tert-OH is 1. The van der Waals surface area contributed by atoms with Crippen LogP contribution in [0.4, 0.5) is 0 Å². The molecule has 4 bridgehead atoms. The number of carbonyl (C=O) groups is 1. The van der Waals surface area contributed by atoms with Crippen LogP contribution >= 0.6 is 0 Å². The molecule has 5 aliphatic carbocycles. The van der Waals surface area contributed by atoms with E-state index in [0.29, 0.717) is 18.9 Å². The van der Waals surface area contributed by atoms with E-state index in [2.05, 4.69) is 4.90 Å². The zero-order valence-electron chi connectivity index (χ0n) is 15.5.